The normalized spacial score (nSPS) is 9.93. The molecule has 7 rings (SSSR count). The summed E-state index contributed by atoms with van der Waals surface area (Å²) in [5, 5.41) is 8.39. The molecule has 7 aromatic carbocycles. The predicted octanol–water partition coefficient (Wildman–Crippen LogP) is 9.22. The standard InChI is InChI=1S/2C18H15P.C6H5.BrH.Pd/c2*1-4-10-16(11-5-1)19(17-12-6-2-7-13-17)18-14-8-3-9-15-18;1-2-4-6-5-3-1;;/h2*1-15H;1-5H;1H;/q;;-1;;+2/p-1. The van der Waals surface area contributed by atoms with Gasteiger partial charge in [-0.1, -0.05) is 182 Å². The molecule has 0 N–H and O–H groups in total. The third kappa shape index (κ3) is 11.4. The van der Waals surface area contributed by atoms with E-state index in [0.717, 1.165) is 0 Å². The molecule has 0 aliphatic heterocycles. The second-order valence-electron chi connectivity index (χ2n) is 9.76. The average Bonchev–Trinajstić information content (AvgIpc) is 3.17. The van der Waals surface area contributed by atoms with E-state index in [4.69, 9.17) is 0 Å². The number of benzene rings is 7. The van der Waals surface area contributed by atoms with E-state index in [-0.39, 0.29) is 0 Å². The van der Waals surface area contributed by atoms with E-state index in [1.807, 2.05) is 30.3 Å². The summed E-state index contributed by atoms with van der Waals surface area (Å²) in [5.74, 6) is 0. The largest absolute Gasteiger partial charge is 0.184 e. The van der Waals surface area contributed by atoms with Crippen LogP contribution in [0.25, 0.3) is 0 Å². The minimum absolute atomic E-state index is 0.446. The van der Waals surface area contributed by atoms with Gasteiger partial charge in [0.15, 0.2) is 0 Å². The minimum Gasteiger partial charge on any atom is -0.184 e. The molecule has 7 aromatic rings. The molecule has 0 aliphatic carbocycles. The van der Waals surface area contributed by atoms with Crippen molar-refractivity contribution in [3.05, 3.63) is 218 Å². The molecule has 0 heterocycles. The van der Waals surface area contributed by atoms with Gasteiger partial charge in [0.25, 0.3) is 0 Å². The molecule has 0 spiro atoms. The van der Waals surface area contributed by atoms with Gasteiger partial charge in [-0.15, -0.1) is 0 Å². The maximum atomic E-state index is 2.89. The molecule has 230 valence electrons. The van der Waals surface area contributed by atoms with Crippen LogP contribution < -0.4 is 31.8 Å². The van der Waals surface area contributed by atoms with Crippen LogP contribution in [0.1, 0.15) is 0 Å². The van der Waals surface area contributed by atoms with Crippen LogP contribution >= 0.6 is 29.3 Å². The van der Waals surface area contributed by atoms with Crippen molar-refractivity contribution in [1.82, 2.24) is 0 Å². The van der Waals surface area contributed by atoms with Gasteiger partial charge in [-0.25, -0.2) is 0 Å². The van der Waals surface area contributed by atoms with Crippen LogP contribution in [0.15, 0.2) is 212 Å². The third-order valence-electron chi connectivity index (χ3n) is 6.69. The molecule has 0 nitrogen and oxygen atoms in total. The SMILES string of the molecule is [Br][Pd+].[c-]1ccccc1.c1ccc(P(c2ccccc2)c2ccccc2)cc1.c1ccc(P(c2ccccc2)c2ccccc2)cc1. The van der Waals surface area contributed by atoms with Crippen molar-refractivity contribution in [2.75, 3.05) is 0 Å². The summed E-state index contributed by atoms with van der Waals surface area (Å²) in [5.41, 5.74) is 0. The number of rotatable bonds is 6. The zero-order valence-corrected chi connectivity index (χ0v) is 30.2. The average molecular weight is 788 g/mol. The molecule has 0 radical (unpaired) electrons. The molecule has 0 fully saturated rings. The van der Waals surface area contributed by atoms with E-state index in [0.29, 0.717) is 0 Å². The maximum absolute atomic E-state index is 2.89. The van der Waals surface area contributed by atoms with Gasteiger partial charge in [0, 0.05) is 0 Å². The fourth-order valence-electron chi connectivity index (χ4n) is 4.70. The van der Waals surface area contributed by atoms with Gasteiger partial charge in [0.05, 0.1) is 0 Å². The molecule has 0 saturated heterocycles. The molecular weight excluding hydrogens is 753 g/mol. The Morgan fingerprint density at radius 1 is 0.283 bits per heavy atom. The Morgan fingerprint density at radius 2 is 0.457 bits per heavy atom. The third-order valence-corrected chi connectivity index (χ3v) is 11.6. The van der Waals surface area contributed by atoms with Crippen LogP contribution in [0.5, 0.6) is 0 Å². The van der Waals surface area contributed by atoms with E-state index in [1.165, 1.54) is 31.8 Å². The number of halogens is 1. The van der Waals surface area contributed by atoms with Crippen molar-refractivity contribution in [1.29, 1.82) is 0 Å². The second-order valence-corrected chi connectivity index (χ2v) is 14.2. The Kier molecular flexibility index (Phi) is 16.4. The van der Waals surface area contributed by atoms with Crippen molar-refractivity contribution in [3.63, 3.8) is 0 Å². The van der Waals surface area contributed by atoms with Crippen molar-refractivity contribution in [2.45, 2.75) is 0 Å². The van der Waals surface area contributed by atoms with E-state index in [2.05, 4.69) is 219 Å². The topological polar surface area (TPSA) is 0 Å². The van der Waals surface area contributed by atoms with Gasteiger partial charge in [0.1, 0.15) is 0 Å². The van der Waals surface area contributed by atoms with E-state index in [1.54, 1.807) is 0 Å². The summed E-state index contributed by atoms with van der Waals surface area (Å²) >= 11 is 5.35. The van der Waals surface area contributed by atoms with Gasteiger partial charge in [-0.05, 0) is 47.7 Å². The monoisotopic (exact) mass is 786 g/mol. The van der Waals surface area contributed by atoms with E-state index in [9.17, 15) is 0 Å². The molecule has 0 bridgehead atoms. The molecule has 46 heavy (non-hydrogen) atoms. The van der Waals surface area contributed by atoms with Gasteiger partial charge in [-0.2, -0.15) is 36.4 Å². The molecule has 0 aromatic heterocycles. The summed E-state index contributed by atoms with van der Waals surface area (Å²) in [6.45, 7) is 0. The van der Waals surface area contributed by atoms with E-state index < -0.39 is 15.8 Å². The fraction of sp³-hybridized carbons (Fsp3) is 0. The minimum atomic E-state index is -0.446. The summed E-state index contributed by atoms with van der Waals surface area (Å²) in [6.07, 6.45) is 0. The van der Waals surface area contributed by atoms with Crippen molar-refractivity contribution in [3.8, 4) is 0 Å². The van der Waals surface area contributed by atoms with Crippen LogP contribution in [-0.4, -0.2) is 0 Å². The van der Waals surface area contributed by atoms with Gasteiger partial charge >= 0.3 is 30.6 Å². The van der Waals surface area contributed by atoms with Crippen molar-refractivity contribution >= 4 is 61.1 Å². The van der Waals surface area contributed by atoms with Crippen LogP contribution in [0, 0.1) is 6.07 Å². The Hall–Kier alpha value is -3.46. The number of hydrogen-bond donors (Lipinski definition) is 0. The van der Waals surface area contributed by atoms with E-state index >= 15 is 0 Å². The molecule has 0 atom stereocenters. The molecule has 0 amide bonds. The fourth-order valence-corrected chi connectivity index (χ4v) is 9.31. The summed E-state index contributed by atoms with van der Waals surface area (Å²) in [4.78, 5) is 0. The first-order valence-electron chi connectivity index (χ1n) is 14.8. The molecule has 4 heteroatoms. The summed E-state index contributed by atoms with van der Waals surface area (Å²) in [6, 6.07) is 77.2. The molecule has 0 unspecified atom stereocenters. The summed E-state index contributed by atoms with van der Waals surface area (Å²) < 4.78 is 0. The zero-order chi connectivity index (χ0) is 32.1. The van der Waals surface area contributed by atoms with Crippen LogP contribution in [0.4, 0.5) is 0 Å². The second kappa shape index (κ2) is 21.4. The first kappa shape index (κ1) is 35.4. The first-order chi connectivity index (χ1) is 22.9. The summed E-state index contributed by atoms with van der Waals surface area (Å²) in [7, 11) is -0.892. The van der Waals surface area contributed by atoms with Gasteiger partial charge in [0.2, 0.25) is 0 Å². The first-order valence-corrected chi connectivity index (χ1v) is 21.1. The Balaban J connectivity index is 0.000000169. The maximum Gasteiger partial charge on any atom is -0.0134 e. The van der Waals surface area contributed by atoms with Crippen molar-refractivity contribution < 1.29 is 17.2 Å². The molecule has 0 aliphatic rings. The van der Waals surface area contributed by atoms with Crippen LogP contribution in [0.2, 0.25) is 0 Å². The van der Waals surface area contributed by atoms with Gasteiger partial charge < -0.3 is 0 Å². The van der Waals surface area contributed by atoms with Gasteiger partial charge in [-0.3, -0.25) is 0 Å². The Labute approximate surface area is 294 Å². The Morgan fingerprint density at radius 3 is 0.587 bits per heavy atom. The van der Waals surface area contributed by atoms with Crippen LogP contribution in [0.3, 0.4) is 0 Å². The zero-order valence-electron chi connectivity index (χ0n) is 25.3. The molecule has 0 saturated carbocycles. The quantitative estimate of drug-likeness (QED) is 0.0897. The van der Waals surface area contributed by atoms with Crippen molar-refractivity contribution in [2.24, 2.45) is 0 Å². The number of hydrogen-bond acceptors (Lipinski definition) is 0. The van der Waals surface area contributed by atoms with Crippen LogP contribution in [-0.2, 0) is 17.2 Å². The predicted molar refractivity (Wildman–Crippen MR) is 205 cm³/mol. The molecular formula is C42H35BrP2Pd. The smallest absolute Gasteiger partial charge is 0.0134 e. The Bertz CT molecular complexity index is 1390.